The molecule has 1 N–H and O–H groups in total. The van der Waals surface area contributed by atoms with Crippen molar-refractivity contribution in [3.8, 4) is 0 Å². The third-order valence-corrected chi connectivity index (χ3v) is 3.90. The van der Waals surface area contributed by atoms with Gasteiger partial charge < -0.3 is 14.6 Å². The molecule has 0 amide bonds. The van der Waals surface area contributed by atoms with Gasteiger partial charge in [-0.25, -0.2) is 0 Å². The van der Waals surface area contributed by atoms with Crippen LogP contribution in [0, 0.1) is 0 Å². The zero-order chi connectivity index (χ0) is 13.7. The predicted molar refractivity (Wildman–Crippen MR) is 74.7 cm³/mol. The lowest BCUT2D eigenvalue weighted by atomic mass is 9.77. The van der Waals surface area contributed by atoms with Crippen LogP contribution in [0.15, 0.2) is 30.3 Å². The topological polar surface area (TPSA) is 49.8 Å². The Morgan fingerprint density at radius 3 is 2.84 bits per heavy atom. The Labute approximate surface area is 114 Å². The van der Waals surface area contributed by atoms with E-state index in [1.807, 2.05) is 23.0 Å². The van der Waals surface area contributed by atoms with Crippen LogP contribution in [0.5, 0.6) is 0 Å². The number of carbonyl (C=O) groups excluding carboxylic acids is 1. The fraction of sp³-hybridized carbons (Fsp3) is 0.500. The molecule has 19 heavy (non-hydrogen) atoms. The second kappa shape index (κ2) is 6.22. The third-order valence-electron chi connectivity index (χ3n) is 3.90. The minimum absolute atomic E-state index is 0.281. The molecule has 1 saturated heterocycles. The maximum atomic E-state index is 10.5. The van der Waals surface area contributed by atoms with Crippen LogP contribution in [0.2, 0.25) is 6.82 Å². The lowest BCUT2D eigenvalue weighted by molar-refractivity contribution is -0.131. The van der Waals surface area contributed by atoms with Gasteiger partial charge >= 0.3 is 7.05 Å². The molecule has 0 aromatic heterocycles. The standard InChI is InChI=1S/C14H20BNO3/c1-15(18)16-9-5-8-14(16,11-19-12-17)10-13-6-3-2-4-7-13/h2-4,6-7,12,18H,5,8-11H2,1H3/t14-/m1/s1. The fourth-order valence-corrected chi connectivity index (χ4v) is 3.10. The average Bonchev–Trinajstić information content (AvgIpc) is 2.82. The first-order valence-corrected chi connectivity index (χ1v) is 6.72. The second-order valence-corrected chi connectivity index (χ2v) is 5.22. The zero-order valence-electron chi connectivity index (χ0n) is 11.3. The van der Waals surface area contributed by atoms with Crippen molar-refractivity contribution >= 4 is 13.5 Å². The van der Waals surface area contributed by atoms with E-state index < -0.39 is 7.05 Å². The molecule has 102 valence electrons. The predicted octanol–water partition coefficient (Wildman–Crippen LogP) is 1.35. The summed E-state index contributed by atoms with van der Waals surface area (Å²) in [6.07, 6.45) is 2.73. The molecule has 1 aliphatic rings. The van der Waals surface area contributed by atoms with Gasteiger partial charge in [-0.1, -0.05) is 30.3 Å². The number of hydrogen-bond acceptors (Lipinski definition) is 4. The van der Waals surface area contributed by atoms with Gasteiger partial charge in [0.05, 0.1) is 5.54 Å². The molecule has 1 atom stereocenters. The Morgan fingerprint density at radius 1 is 1.47 bits per heavy atom. The van der Waals surface area contributed by atoms with Crippen LogP contribution in [-0.4, -0.2) is 42.0 Å². The monoisotopic (exact) mass is 261 g/mol. The Balaban J connectivity index is 2.21. The molecule has 4 nitrogen and oxygen atoms in total. The Hall–Kier alpha value is -1.33. The minimum atomic E-state index is -0.526. The number of benzene rings is 1. The first kappa shape index (κ1) is 14.1. The summed E-state index contributed by atoms with van der Waals surface area (Å²) < 4.78 is 5.04. The zero-order valence-corrected chi connectivity index (χ0v) is 11.3. The molecule has 0 unspecified atom stereocenters. The molecular formula is C14H20BNO3. The molecule has 0 saturated carbocycles. The van der Waals surface area contributed by atoms with Gasteiger partial charge in [0.15, 0.2) is 0 Å². The smallest absolute Gasteiger partial charge is 0.376 e. The van der Waals surface area contributed by atoms with E-state index in [0.29, 0.717) is 13.1 Å². The summed E-state index contributed by atoms with van der Waals surface area (Å²) in [7, 11) is -0.526. The van der Waals surface area contributed by atoms with Gasteiger partial charge in [0.25, 0.3) is 6.47 Å². The Morgan fingerprint density at radius 2 is 2.21 bits per heavy atom. The molecule has 0 spiro atoms. The van der Waals surface area contributed by atoms with Crippen LogP contribution < -0.4 is 0 Å². The number of hydrogen-bond donors (Lipinski definition) is 1. The maximum absolute atomic E-state index is 10.5. The van der Waals surface area contributed by atoms with Gasteiger partial charge in [0.2, 0.25) is 0 Å². The summed E-state index contributed by atoms with van der Waals surface area (Å²) in [5.41, 5.74) is 0.917. The van der Waals surface area contributed by atoms with Crippen molar-refractivity contribution in [1.82, 2.24) is 4.81 Å². The summed E-state index contributed by atoms with van der Waals surface area (Å²) in [6, 6.07) is 10.1. The van der Waals surface area contributed by atoms with Crippen molar-refractivity contribution < 1.29 is 14.6 Å². The molecule has 1 aliphatic heterocycles. The summed E-state index contributed by atoms with van der Waals surface area (Å²) in [5, 5.41) is 9.95. The van der Waals surface area contributed by atoms with E-state index in [-0.39, 0.29) is 5.54 Å². The van der Waals surface area contributed by atoms with Crippen molar-refractivity contribution in [1.29, 1.82) is 0 Å². The largest absolute Gasteiger partial charge is 0.466 e. The van der Waals surface area contributed by atoms with E-state index in [9.17, 15) is 9.82 Å². The minimum Gasteiger partial charge on any atom is -0.466 e. The van der Waals surface area contributed by atoms with Gasteiger partial charge in [-0.2, -0.15) is 0 Å². The molecule has 1 aromatic carbocycles. The SMILES string of the molecule is CB(O)N1CCC[C@]1(COC=O)Cc1ccccc1. The van der Waals surface area contributed by atoms with E-state index in [2.05, 4.69) is 12.1 Å². The molecule has 2 rings (SSSR count). The highest BCUT2D eigenvalue weighted by Gasteiger charge is 2.44. The van der Waals surface area contributed by atoms with E-state index in [1.165, 1.54) is 5.56 Å². The first-order valence-electron chi connectivity index (χ1n) is 6.72. The molecule has 5 heteroatoms. The van der Waals surface area contributed by atoms with Gasteiger partial charge in [0, 0.05) is 0 Å². The summed E-state index contributed by atoms with van der Waals surface area (Å²) in [4.78, 5) is 12.6. The lowest BCUT2D eigenvalue weighted by Gasteiger charge is -2.38. The van der Waals surface area contributed by atoms with Gasteiger partial charge in [0.1, 0.15) is 6.61 Å². The third kappa shape index (κ3) is 3.17. The summed E-state index contributed by atoms with van der Waals surface area (Å²) >= 11 is 0. The van der Waals surface area contributed by atoms with Crippen LogP contribution in [0.4, 0.5) is 0 Å². The highest BCUT2D eigenvalue weighted by atomic mass is 16.5. The quantitative estimate of drug-likeness (QED) is 0.620. The van der Waals surface area contributed by atoms with Crippen molar-refractivity contribution in [2.24, 2.45) is 0 Å². The van der Waals surface area contributed by atoms with Gasteiger partial charge in [-0.15, -0.1) is 0 Å². The Kier molecular flexibility index (Phi) is 4.61. The van der Waals surface area contributed by atoms with E-state index in [0.717, 1.165) is 25.8 Å². The van der Waals surface area contributed by atoms with Crippen molar-refractivity contribution in [2.45, 2.75) is 31.6 Å². The van der Waals surface area contributed by atoms with Crippen LogP contribution in [0.1, 0.15) is 18.4 Å². The summed E-state index contributed by atoms with van der Waals surface area (Å²) in [5.74, 6) is 0. The Bertz CT molecular complexity index is 412. The second-order valence-electron chi connectivity index (χ2n) is 5.22. The fourth-order valence-electron chi connectivity index (χ4n) is 3.10. The molecule has 1 aromatic rings. The van der Waals surface area contributed by atoms with E-state index in [1.54, 1.807) is 6.82 Å². The van der Waals surface area contributed by atoms with Gasteiger partial charge in [-0.3, -0.25) is 4.79 Å². The van der Waals surface area contributed by atoms with Crippen LogP contribution in [-0.2, 0) is 16.0 Å². The van der Waals surface area contributed by atoms with Crippen molar-refractivity contribution in [3.05, 3.63) is 35.9 Å². The average molecular weight is 261 g/mol. The van der Waals surface area contributed by atoms with Crippen LogP contribution in [0.3, 0.4) is 0 Å². The number of nitrogens with zero attached hydrogens (tertiary/aromatic N) is 1. The number of carbonyl (C=O) groups is 1. The molecule has 0 aliphatic carbocycles. The number of ether oxygens (including phenoxy) is 1. The molecule has 0 bridgehead atoms. The number of rotatable bonds is 6. The lowest BCUT2D eigenvalue weighted by Crippen LogP contribution is -2.55. The van der Waals surface area contributed by atoms with E-state index >= 15 is 0 Å². The molecule has 0 radical (unpaired) electrons. The normalized spacial score (nSPS) is 23.3. The molecule has 1 heterocycles. The molecule has 1 fully saturated rings. The highest BCUT2D eigenvalue weighted by molar-refractivity contribution is 6.45. The summed E-state index contributed by atoms with van der Waals surface area (Å²) in [6.45, 7) is 3.43. The maximum Gasteiger partial charge on any atom is 0.376 e. The van der Waals surface area contributed by atoms with Crippen molar-refractivity contribution in [3.63, 3.8) is 0 Å². The van der Waals surface area contributed by atoms with Gasteiger partial charge in [-0.05, 0) is 38.2 Å². The molecular weight excluding hydrogens is 241 g/mol. The highest BCUT2D eigenvalue weighted by Crippen LogP contribution is 2.33. The van der Waals surface area contributed by atoms with Crippen LogP contribution >= 0.6 is 0 Å². The van der Waals surface area contributed by atoms with Crippen molar-refractivity contribution in [2.75, 3.05) is 13.2 Å². The van der Waals surface area contributed by atoms with Crippen LogP contribution in [0.25, 0.3) is 0 Å². The first-order chi connectivity index (χ1) is 9.18. The van der Waals surface area contributed by atoms with E-state index in [4.69, 9.17) is 4.74 Å².